The molecule has 1 saturated heterocycles. The number of aliphatic hydroxyl groups excluding tert-OH is 3. The van der Waals surface area contributed by atoms with E-state index in [-0.39, 0.29) is 5.69 Å². The molecule has 0 radical (unpaired) electrons. The van der Waals surface area contributed by atoms with Crippen molar-refractivity contribution >= 4 is 0 Å². The molecule has 118 valence electrons. The van der Waals surface area contributed by atoms with Crippen molar-refractivity contribution in [2.45, 2.75) is 24.0 Å². The molecule has 0 unspecified atom stereocenters. The fraction of sp³-hybridized carbons (Fsp3) is 0.455. The fourth-order valence-electron chi connectivity index (χ4n) is 2.54. The number of H-pyrrole nitrogens is 2. The topological polar surface area (TPSA) is 166 Å². The van der Waals surface area contributed by atoms with Crippen LogP contribution in [-0.2, 0) is 10.5 Å². The van der Waals surface area contributed by atoms with E-state index in [1.54, 1.807) is 0 Å². The molecule has 1 aliphatic rings. The summed E-state index contributed by atoms with van der Waals surface area (Å²) in [5.74, 6) is 0. The largest absolute Gasteiger partial charge is 0.394 e. The summed E-state index contributed by atoms with van der Waals surface area (Å²) in [4.78, 5) is 25.3. The second kappa shape index (κ2) is 5.14. The highest BCUT2D eigenvalue weighted by atomic mass is 16.6. The molecule has 0 aliphatic carbocycles. The van der Waals surface area contributed by atoms with E-state index in [2.05, 4.69) is 15.4 Å². The Labute approximate surface area is 121 Å². The zero-order valence-corrected chi connectivity index (χ0v) is 11.1. The van der Waals surface area contributed by atoms with Crippen LogP contribution in [0.3, 0.4) is 0 Å². The monoisotopic (exact) mass is 311 g/mol. The quantitative estimate of drug-likeness (QED) is 0.389. The minimum atomic E-state index is -1.93. The van der Waals surface area contributed by atoms with Crippen LogP contribution in [0.5, 0.6) is 0 Å². The lowest BCUT2D eigenvalue weighted by atomic mass is 9.99. The number of hydrogen-bond donors (Lipinski definition) is 5. The first-order chi connectivity index (χ1) is 10.5. The molecule has 11 heteroatoms. The molecule has 0 bridgehead atoms. The van der Waals surface area contributed by atoms with E-state index in [0.717, 1.165) is 16.8 Å². The molecule has 11 nitrogen and oxygen atoms in total. The van der Waals surface area contributed by atoms with Crippen LogP contribution in [0.4, 0.5) is 0 Å². The minimum Gasteiger partial charge on any atom is -0.394 e. The highest BCUT2D eigenvalue weighted by Gasteiger charge is 2.58. The molecule has 2 aromatic rings. The SMILES string of the molecule is O=c1ccn([C@]2(c3cn[nH]n3)O[C@H](CO)[C@@H](O)[C@H]2O)c(=O)[nH]1. The van der Waals surface area contributed by atoms with Crippen LogP contribution in [-0.4, -0.2) is 65.2 Å². The molecule has 3 rings (SSSR count). The van der Waals surface area contributed by atoms with Crippen LogP contribution in [0.15, 0.2) is 28.0 Å². The third kappa shape index (κ3) is 1.91. The van der Waals surface area contributed by atoms with Gasteiger partial charge in [0, 0.05) is 12.3 Å². The number of ether oxygens (including phenoxy) is 1. The van der Waals surface area contributed by atoms with Gasteiger partial charge in [0.15, 0.2) is 0 Å². The van der Waals surface area contributed by atoms with E-state index in [4.69, 9.17) is 4.74 Å². The van der Waals surface area contributed by atoms with Crippen LogP contribution in [0.25, 0.3) is 0 Å². The van der Waals surface area contributed by atoms with Crippen LogP contribution in [0, 0.1) is 0 Å². The molecular formula is C11H13N5O6. The first-order valence-corrected chi connectivity index (χ1v) is 6.34. The maximum absolute atomic E-state index is 12.1. The number of aromatic amines is 2. The van der Waals surface area contributed by atoms with Gasteiger partial charge in [0.2, 0.25) is 5.72 Å². The van der Waals surface area contributed by atoms with Gasteiger partial charge in [0.1, 0.15) is 24.0 Å². The van der Waals surface area contributed by atoms with E-state index in [9.17, 15) is 24.9 Å². The summed E-state index contributed by atoms with van der Waals surface area (Å²) >= 11 is 0. The van der Waals surface area contributed by atoms with Crippen molar-refractivity contribution in [3.8, 4) is 0 Å². The number of hydrogen-bond acceptors (Lipinski definition) is 8. The van der Waals surface area contributed by atoms with Gasteiger partial charge in [-0.1, -0.05) is 0 Å². The van der Waals surface area contributed by atoms with Gasteiger partial charge in [-0.05, 0) is 0 Å². The average molecular weight is 311 g/mol. The highest BCUT2D eigenvalue weighted by molar-refractivity contribution is 5.17. The Morgan fingerprint density at radius 3 is 2.73 bits per heavy atom. The Kier molecular flexibility index (Phi) is 3.41. The van der Waals surface area contributed by atoms with Gasteiger partial charge < -0.3 is 20.1 Å². The van der Waals surface area contributed by atoms with E-state index in [0.29, 0.717) is 0 Å². The van der Waals surface area contributed by atoms with Crippen molar-refractivity contribution in [3.05, 3.63) is 45.0 Å². The molecule has 0 spiro atoms. The second-order valence-electron chi connectivity index (χ2n) is 4.81. The average Bonchev–Trinajstić information content (AvgIpc) is 3.10. The zero-order valence-electron chi connectivity index (χ0n) is 11.1. The molecule has 0 amide bonds. The van der Waals surface area contributed by atoms with Gasteiger partial charge in [0.05, 0.1) is 12.8 Å². The Bertz CT molecular complexity index is 770. The maximum Gasteiger partial charge on any atom is 0.331 e. The van der Waals surface area contributed by atoms with E-state index < -0.39 is 41.9 Å². The first kappa shape index (κ1) is 14.6. The summed E-state index contributed by atoms with van der Waals surface area (Å²) in [6.45, 7) is -0.587. The van der Waals surface area contributed by atoms with E-state index in [1.165, 1.54) is 6.20 Å². The van der Waals surface area contributed by atoms with Gasteiger partial charge in [-0.25, -0.2) is 4.79 Å². The fourth-order valence-corrected chi connectivity index (χ4v) is 2.54. The number of nitrogens with zero attached hydrogens (tertiary/aromatic N) is 3. The number of aliphatic hydroxyl groups is 3. The molecule has 0 saturated carbocycles. The molecule has 4 atom stereocenters. The summed E-state index contributed by atoms with van der Waals surface area (Å²) in [5.41, 5.74) is -3.44. The van der Waals surface area contributed by atoms with Crippen molar-refractivity contribution < 1.29 is 20.1 Å². The summed E-state index contributed by atoms with van der Waals surface area (Å²) in [5, 5.41) is 39.4. The summed E-state index contributed by atoms with van der Waals surface area (Å²) in [7, 11) is 0. The summed E-state index contributed by atoms with van der Waals surface area (Å²) in [6, 6.07) is 1.05. The molecule has 1 aliphatic heterocycles. The molecule has 22 heavy (non-hydrogen) atoms. The third-order valence-electron chi connectivity index (χ3n) is 3.58. The van der Waals surface area contributed by atoms with Crippen molar-refractivity contribution in [1.82, 2.24) is 25.0 Å². The number of rotatable bonds is 3. The Morgan fingerprint density at radius 2 is 2.18 bits per heavy atom. The Hall–Kier alpha value is -2.34. The van der Waals surface area contributed by atoms with E-state index >= 15 is 0 Å². The van der Waals surface area contributed by atoms with Gasteiger partial charge in [-0.3, -0.25) is 14.3 Å². The van der Waals surface area contributed by atoms with Crippen molar-refractivity contribution in [2.75, 3.05) is 6.61 Å². The molecule has 5 N–H and O–H groups in total. The normalized spacial score (nSPS) is 31.5. The molecule has 3 heterocycles. The molecule has 1 fully saturated rings. The Morgan fingerprint density at radius 1 is 1.41 bits per heavy atom. The molecular weight excluding hydrogens is 298 g/mol. The lowest BCUT2D eigenvalue weighted by molar-refractivity contribution is -0.123. The highest BCUT2D eigenvalue weighted by Crippen LogP contribution is 2.39. The second-order valence-corrected chi connectivity index (χ2v) is 4.81. The molecule has 0 aromatic carbocycles. The van der Waals surface area contributed by atoms with Gasteiger partial charge >= 0.3 is 5.69 Å². The standard InChI is InChI=1S/C11H13N5O6/c17-4-5-8(19)9(20)11(22-5,6-3-12-15-14-6)16-2-1-7(18)13-10(16)21/h1-3,5,8-9,17,19-20H,4H2,(H,12,14,15)(H,13,18,21)/t5-,8-,9-,11-/m1/s1. The number of nitrogens with one attached hydrogen (secondary N) is 2. The summed E-state index contributed by atoms with van der Waals surface area (Å²) in [6.07, 6.45) is -1.94. The predicted molar refractivity (Wildman–Crippen MR) is 68.8 cm³/mol. The maximum atomic E-state index is 12.1. The van der Waals surface area contributed by atoms with Crippen molar-refractivity contribution in [1.29, 1.82) is 0 Å². The lowest BCUT2D eigenvalue weighted by Gasteiger charge is -2.31. The minimum absolute atomic E-state index is 0.00384. The van der Waals surface area contributed by atoms with Crippen molar-refractivity contribution in [2.24, 2.45) is 0 Å². The van der Waals surface area contributed by atoms with Gasteiger partial charge in [-0.2, -0.15) is 15.4 Å². The zero-order chi connectivity index (χ0) is 15.9. The van der Waals surface area contributed by atoms with Gasteiger partial charge in [0.25, 0.3) is 5.56 Å². The van der Waals surface area contributed by atoms with Crippen molar-refractivity contribution in [3.63, 3.8) is 0 Å². The predicted octanol–water partition coefficient (Wildman–Crippen LogP) is -3.53. The van der Waals surface area contributed by atoms with E-state index in [1.807, 2.05) is 4.98 Å². The van der Waals surface area contributed by atoms with Crippen LogP contribution in [0.2, 0.25) is 0 Å². The molecule has 2 aromatic heterocycles. The smallest absolute Gasteiger partial charge is 0.331 e. The lowest BCUT2D eigenvalue weighted by Crippen LogP contribution is -2.52. The first-order valence-electron chi connectivity index (χ1n) is 6.34. The van der Waals surface area contributed by atoms with Crippen LogP contribution < -0.4 is 11.2 Å². The van der Waals surface area contributed by atoms with Gasteiger partial charge in [-0.15, -0.1) is 0 Å². The Balaban J connectivity index is 2.26. The van der Waals surface area contributed by atoms with Crippen LogP contribution >= 0.6 is 0 Å². The third-order valence-corrected chi connectivity index (χ3v) is 3.58. The summed E-state index contributed by atoms with van der Waals surface area (Å²) < 4.78 is 6.43. The number of aromatic nitrogens is 5. The van der Waals surface area contributed by atoms with Crippen LogP contribution in [0.1, 0.15) is 5.69 Å².